The van der Waals surface area contributed by atoms with Crippen LogP contribution in [0.5, 0.6) is 0 Å². The number of likely N-dealkylation sites (N-methyl/N-ethyl adjacent to an activating group) is 1. The van der Waals surface area contributed by atoms with E-state index in [1.807, 2.05) is 30.9 Å². The summed E-state index contributed by atoms with van der Waals surface area (Å²) in [6.45, 7) is 4.28. The zero-order valence-corrected chi connectivity index (χ0v) is 16.4. The predicted molar refractivity (Wildman–Crippen MR) is 103 cm³/mol. The molecule has 1 fully saturated rings. The number of pyridine rings is 1. The lowest BCUT2D eigenvalue weighted by atomic mass is 9.83. The lowest BCUT2D eigenvalue weighted by Crippen LogP contribution is -2.50. The third kappa shape index (κ3) is 3.77. The molecule has 3 rings (SSSR count). The summed E-state index contributed by atoms with van der Waals surface area (Å²) in [4.78, 5) is 38.5. The number of hydrogen-bond donors (Lipinski definition) is 3. The average molecular weight is 385 g/mol. The van der Waals surface area contributed by atoms with Crippen molar-refractivity contribution in [3.05, 3.63) is 48.3 Å². The Morgan fingerprint density at radius 1 is 1.43 bits per heavy atom. The highest BCUT2D eigenvalue weighted by Crippen LogP contribution is 2.48. The van der Waals surface area contributed by atoms with Crippen LogP contribution in [0.4, 0.5) is 0 Å². The number of nitrogens with zero attached hydrogens (tertiary/aromatic N) is 3. The van der Waals surface area contributed by atoms with Gasteiger partial charge in [-0.1, -0.05) is 19.9 Å². The Balaban J connectivity index is 1.92. The molecule has 150 valence electrons. The number of carbonyl (C=O) groups excluding carboxylic acids is 1. The van der Waals surface area contributed by atoms with Gasteiger partial charge in [-0.05, 0) is 37.4 Å². The highest BCUT2D eigenvalue weighted by Gasteiger charge is 2.57. The van der Waals surface area contributed by atoms with Gasteiger partial charge >= 0.3 is 5.97 Å². The van der Waals surface area contributed by atoms with Crippen molar-refractivity contribution in [2.24, 2.45) is 11.8 Å². The van der Waals surface area contributed by atoms with E-state index in [0.29, 0.717) is 12.2 Å². The first-order chi connectivity index (χ1) is 13.3. The Morgan fingerprint density at radius 3 is 2.79 bits per heavy atom. The van der Waals surface area contributed by atoms with Crippen LogP contribution in [-0.4, -0.2) is 49.4 Å². The lowest BCUT2D eigenvalue weighted by molar-refractivity contribution is -0.151. The standard InChI is InChI=1S/C20H27N5O3/c1-13(2)9-20(19(27)28)10-15(18(26)24-12-16-22-7-8-23-16)17(25(20)3)14-5-4-6-21-11-14/h4-8,11,13,15,17H,9-10,12H2,1-3H3,(H,22,23)(H,24,26)(H,27,28)/t15-,17-,20-/m0/s1. The van der Waals surface area contributed by atoms with Gasteiger partial charge in [0.05, 0.1) is 12.5 Å². The van der Waals surface area contributed by atoms with Crippen molar-refractivity contribution in [2.45, 2.75) is 44.8 Å². The fourth-order valence-electron chi connectivity index (χ4n) is 4.32. The van der Waals surface area contributed by atoms with E-state index in [1.165, 1.54) is 0 Å². The molecule has 2 aromatic heterocycles. The summed E-state index contributed by atoms with van der Waals surface area (Å²) < 4.78 is 0. The molecular weight excluding hydrogens is 358 g/mol. The van der Waals surface area contributed by atoms with E-state index >= 15 is 0 Å². The van der Waals surface area contributed by atoms with E-state index in [0.717, 1.165) is 5.56 Å². The van der Waals surface area contributed by atoms with Crippen molar-refractivity contribution < 1.29 is 14.7 Å². The van der Waals surface area contributed by atoms with Crippen LogP contribution in [-0.2, 0) is 16.1 Å². The molecular formula is C20H27N5O3. The number of nitrogens with one attached hydrogen (secondary N) is 2. The van der Waals surface area contributed by atoms with Crippen LogP contribution in [0.1, 0.15) is 44.1 Å². The molecule has 3 atom stereocenters. The Bertz CT molecular complexity index is 809. The third-order valence-electron chi connectivity index (χ3n) is 5.52. The van der Waals surface area contributed by atoms with Crippen LogP contribution in [0.15, 0.2) is 36.9 Å². The second-order valence-corrected chi connectivity index (χ2v) is 7.84. The van der Waals surface area contributed by atoms with E-state index in [2.05, 4.69) is 20.3 Å². The Labute approximate surface area is 164 Å². The molecule has 3 N–H and O–H groups in total. The summed E-state index contributed by atoms with van der Waals surface area (Å²) >= 11 is 0. The Morgan fingerprint density at radius 2 is 2.21 bits per heavy atom. The number of carbonyl (C=O) groups is 2. The van der Waals surface area contributed by atoms with Gasteiger partial charge in [0.1, 0.15) is 11.4 Å². The van der Waals surface area contributed by atoms with Gasteiger partial charge in [0.15, 0.2) is 0 Å². The van der Waals surface area contributed by atoms with Gasteiger partial charge in [0.25, 0.3) is 0 Å². The fraction of sp³-hybridized carbons (Fsp3) is 0.500. The minimum absolute atomic E-state index is 0.177. The number of rotatable bonds is 7. The van der Waals surface area contributed by atoms with Crippen LogP contribution in [0, 0.1) is 11.8 Å². The first-order valence-electron chi connectivity index (χ1n) is 9.47. The molecule has 1 saturated heterocycles. The summed E-state index contributed by atoms with van der Waals surface area (Å²) in [6, 6.07) is 3.35. The normalized spacial score (nSPS) is 25.1. The van der Waals surface area contributed by atoms with Crippen LogP contribution >= 0.6 is 0 Å². The number of hydrogen-bond acceptors (Lipinski definition) is 5. The van der Waals surface area contributed by atoms with Crippen molar-refractivity contribution in [1.29, 1.82) is 0 Å². The van der Waals surface area contributed by atoms with Crippen molar-refractivity contribution in [3.63, 3.8) is 0 Å². The number of H-pyrrole nitrogens is 1. The largest absolute Gasteiger partial charge is 0.480 e. The van der Waals surface area contributed by atoms with Gasteiger partial charge in [0, 0.05) is 30.8 Å². The Hall–Kier alpha value is -2.74. The fourth-order valence-corrected chi connectivity index (χ4v) is 4.32. The van der Waals surface area contributed by atoms with Gasteiger partial charge in [-0.2, -0.15) is 0 Å². The molecule has 0 radical (unpaired) electrons. The van der Waals surface area contributed by atoms with Crippen LogP contribution < -0.4 is 5.32 Å². The quantitative estimate of drug-likeness (QED) is 0.672. The molecule has 0 aromatic carbocycles. The summed E-state index contributed by atoms with van der Waals surface area (Å²) in [5.74, 6) is -0.732. The smallest absolute Gasteiger partial charge is 0.324 e. The molecule has 0 spiro atoms. The van der Waals surface area contributed by atoms with Crippen LogP contribution in [0.3, 0.4) is 0 Å². The number of imidazole rings is 1. The lowest BCUT2D eigenvalue weighted by Gasteiger charge is -2.36. The van der Waals surface area contributed by atoms with Crippen LogP contribution in [0.25, 0.3) is 0 Å². The van der Waals surface area contributed by atoms with E-state index in [4.69, 9.17) is 0 Å². The van der Waals surface area contributed by atoms with Crippen molar-refractivity contribution >= 4 is 11.9 Å². The third-order valence-corrected chi connectivity index (χ3v) is 5.52. The summed E-state index contributed by atoms with van der Waals surface area (Å²) in [7, 11) is 1.80. The molecule has 1 amide bonds. The van der Waals surface area contributed by atoms with E-state index in [1.54, 1.807) is 31.8 Å². The molecule has 8 nitrogen and oxygen atoms in total. The van der Waals surface area contributed by atoms with Crippen molar-refractivity contribution in [2.75, 3.05) is 7.05 Å². The highest BCUT2D eigenvalue weighted by molar-refractivity contribution is 5.85. The maximum atomic E-state index is 13.1. The molecule has 0 saturated carbocycles. The first kappa shape index (κ1) is 20.0. The molecule has 1 aliphatic rings. The zero-order valence-electron chi connectivity index (χ0n) is 16.4. The number of aliphatic carboxylic acids is 1. The van der Waals surface area contributed by atoms with E-state index in [-0.39, 0.29) is 30.8 Å². The van der Waals surface area contributed by atoms with Gasteiger partial charge in [-0.3, -0.25) is 19.5 Å². The minimum atomic E-state index is -1.10. The van der Waals surface area contributed by atoms with Crippen molar-refractivity contribution in [3.8, 4) is 0 Å². The average Bonchev–Trinajstić information content (AvgIpc) is 3.27. The zero-order chi connectivity index (χ0) is 20.3. The second-order valence-electron chi connectivity index (χ2n) is 7.84. The number of carboxylic acid groups (broad SMARTS) is 1. The molecule has 0 unspecified atom stereocenters. The van der Waals surface area contributed by atoms with E-state index < -0.39 is 17.4 Å². The molecule has 28 heavy (non-hydrogen) atoms. The predicted octanol–water partition coefficient (Wildman–Crippen LogP) is 1.98. The monoisotopic (exact) mass is 385 g/mol. The van der Waals surface area contributed by atoms with Gasteiger partial charge in [-0.15, -0.1) is 0 Å². The molecule has 1 aliphatic heterocycles. The topological polar surface area (TPSA) is 111 Å². The second kappa shape index (κ2) is 8.10. The van der Waals surface area contributed by atoms with Gasteiger partial charge < -0.3 is 15.4 Å². The SMILES string of the molecule is CC(C)C[C@@]1(C(=O)O)C[C@H](C(=O)NCc2ncc[nH]2)[C@H](c2cccnc2)N1C. The number of likely N-dealkylation sites (tertiary alicyclic amines) is 1. The first-order valence-corrected chi connectivity index (χ1v) is 9.47. The highest BCUT2D eigenvalue weighted by atomic mass is 16.4. The maximum Gasteiger partial charge on any atom is 0.324 e. The van der Waals surface area contributed by atoms with Gasteiger partial charge in [0.2, 0.25) is 5.91 Å². The summed E-state index contributed by atoms with van der Waals surface area (Å²) in [6.07, 6.45) is 7.42. The van der Waals surface area contributed by atoms with E-state index in [9.17, 15) is 14.7 Å². The number of aromatic amines is 1. The Kier molecular flexibility index (Phi) is 5.79. The molecule has 0 bridgehead atoms. The molecule has 8 heteroatoms. The minimum Gasteiger partial charge on any atom is -0.480 e. The number of amides is 1. The maximum absolute atomic E-state index is 13.1. The molecule has 2 aromatic rings. The summed E-state index contributed by atoms with van der Waals surface area (Å²) in [5.41, 5.74) is -0.253. The summed E-state index contributed by atoms with van der Waals surface area (Å²) in [5, 5.41) is 13.0. The van der Waals surface area contributed by atoms with Crippen molar-refractivity contribution in [1.82, 2.24) is 25.2 Å². The molecule has 3 heterocycles. The van der Waals surface area contributed by atoms with Gasteiger partial charge in [-0.25, -0.2) is 4.98 Å². The number of aromatic nitrogens is 3. The molecule has 0 aliphatic carbocycles. The van der Waals surface area contributed by atoms with Crippen LogP contribution in [0.2, 0.25) is 0 Å². The number of carboxylic acids is 1.